The van der Waals surface area contributed by atoms with Crippen molar-refractivity contribution in [1.29, 1.82) is 0 Å². The molecule has 8 saturated carbocycles. The zero-order chi connectivity index (χ0) is 21.5. The van der Waals surface area contributed by atoms with Crippen LogP contribution in [0.15, 0.2) is 0 Å². The minimum Gasteiger partial charge on any atom is -0.367 e. The lowest BCUT2D eigenvalue weighted by atomic mass is 9.49. The van der Waals surface area contributed by atoms with E-state index in [2.05, 4.69) is 0 Å². The van der Waals surface area contributed by atoms with Gasteiger partial charge in [0.2, 0.25) is 0 Å². The SMILES string of the molecule is O=C(ON1CCN(OC(=O)C23CC4CC(CC(C4)C2)C3)CC1)C12CC3CC(CC(C3)C1)C2. The molecule has 1 aliphatic heterocycles. The van der Waals surface area contributed by atoms with Crippen LogP contribution in [0, 0.1) is 46.3 Å². The zero-order valence-electron chi connectivity index (χ0n) is 19.3. The third-order valence-electron chi connectivity index (χ3n) is 10.6. The van der Waals surface area contributed by atoms with Crippen molar-refractivity contribution in [3.63, 3.8) is 0 Å². The summed E-state index contributed by atoms with van der Waals surface area (Å²) in [5.41, 5.74) is -0.423. The van der Waals surface area contributed by atoms with Gasteiger partial charge in [0, 0.05) is 0 Å². The quantitative estimate of drug-likeness (QED) is 0.657. The van der Waals surface area contributed by atoms with E-state index >= 15 is 0 Å². The molecule has 0 N–H and O–H groups in total. The molecule has 9 rings (SSSR count). The standard InChI is InChI=1S/C26H38N2O4/c29-23(25-11-17-5-18(12-25)7-19(6-17)13-25)31-27-1-2-28(4-3-27)32-24(30)26-14-20-8-21(15-26)10-22(9-20)16-26/h17-22H,1-16H2. The summed E-state index contributed by atoms with van der Waals surface area (Å²) in [4.78, 5) is 38.4. The Morgan fingerprint density at radius 1 is 0.500 bits per heavy atom. The van der Waals surface area contributed by atoms with Gasteiger partial charge in [0.05, 0.1) is 37.0 Å². The summed E-state index contributed by atoms with van der Waals surface area (Å²) in [6.07, 6.45) is 14.3. The Labute approximate surface area is 191 Å². The molecule has 0 aromatic heterocycles. The van der Waals surface area contributed by atoms with Gasteiger partial charge in [-0.25, -0.2) is 9.59 Å². The monoisotopic (exact) mass is 442 g/mol. The van der Waals surface area contributed by atoms with Crippen molar-refractivity contribution < 1.29 is 19.3 Å². The maximum atomic E-state index is 13.2. The molecule has 0 atom stereocenters. The van der Waals surface area contributed by atoms with Crippen LogP contribution in [0.1, 0.15) is 77.0 Å². The number of piperazine rings is 1. The third kappa shape index (κ3) is 3.26. The Kier molecular flexibility index (Phi) is 4.54. The second kappa shape index (κ2) is 7.18. The van der Waals surface area contributed by atoms with Crippen LogP contribution in [0.3, 0.4) is 0 Å². The van der Waals surface area contributed by atoms with Crippen LogP contribution in [0.4, 0.5) is 0 Å². The predicted molar refractivity (Wildman–Crippen MR) is 117 cm³/mol. The lowest BCUT2D eigenvalue weighted by Gasteiger charge is -2.55. The van der Waals surface area contributed by atoms with Crippen LogP contribution in [0.2, 0.25) is 0 Å². The first-order valence-corrected chi connectivity index (χ1v) is 13.4. The third-order valence-corrected chi connectivity index (χ3v) is 10.6. The number of rotatable bonds is 4. The van der Waals surface area contributed by atoms with Gasteiger partial charge in [0.25, 0.3) is 0 Å². The van der Waals surface area contributed by atoms with E-state index in [4.69, 9.17) is 9.68 Å². The van der Waals surface area contributed by atoms with E-state index in [1.165, 1.54) is 38.5 Å². The molecular weight excluding hydrogens is 404 g/mol. The Morgan fingerprint density at radius 3 is 1.00 bits per heavy atom. The molecule has 1 saturated heterocycles. The average molecular weight is 443 g/mol. The predicted octanol–water partition coefficient (Wildman–Crippen LogP) is 3.95. The van der Waals surface area contributed by atoms with Crippen molar-refractivity contribution in [3.8, 4) is 0 Å². The van der Waals surface area contributed by atoms with E-state index in [9.17, 15) is 9.59 Å². The Hall–Kier alpha value is -1.14. The van der Waals surface area contributed by atoms with Crippen molar-refractivity contribution in [2.45, 2.75) is 77.0 Å². The Morgan fingerprint density at radius 2 is 0.750 bits per heavy atom. The molecule has 6 nitrogen and oxygen atoms in total. The number of hydrogen-bond donors (Lipinski definition) is 0. The molecule has 8 bridgehead atoms. The van der Waals surface area contributed by atoms with Gasteiger partial charge in [-0.05, 0) is 113 Å². The van der Waals surface area contributed by atoms with E-state index < -0.39 is 0 Å². The molecule has 176 valence electrons. The highest BCUT2D eigenvalue weighted by atomic mass is 16.7. The van der Waals surface area contributed by atoms with Gasteiger partial charge >= 0.3 is 11.9 Å². The fraction of sp³-hybridized carbons (Fsp3) is 0.923. The smallest absolute Gasteiger partial charge is 0.331 e. The minimum atomic E-state index is -0.211. The Bertz CT molecular complexity index is 665. The lowest BCUT2D eigenvalue weighted by Crippen LogP contribution is -2.55. The fourth-order valence-corrected chi connectivity index (χ4v) is 10.0. The maximum Gasteiger partial charge on any atom is 0.331 e. The maximum absolute atomic E-state index is 13.2. The summed E-state index contributed by atoms with van der Waals surface area (Å²) in [6, 6.07) is 0. The van der Waals surface area contributed by atoms with E-state index in [1.807, 2.05) is 10.1 Å². The van der Waals surface area contributed by atoms with Crippen molar-refractivity contribution in [2.75, 3.05) is 26.2 Å². The molecule has 8 aliphatic carbocycles. The second-order valence-corrected chi connectivity index (χ2v) is 13.0. The minimum absolute atomic E-state index is 0.0237. The number of hydroxylamine groups is 4. The highest BCUT2D eigenvalue weighted by molar-refractivity contribution is 5.78. The number of nitrogens with zero attached hydrogens (tertiary/aromatic N) is 2. The zero-order valence-corrected chi connectivity index (χ0v) is 19.3. The molecular formula is C26H38N2O4. The summed E-state index contributed by atoms with van der Waals surface area (Å²) < 4.78 is 0. The van der Waals surface area contributed by atoms with Crippen LogP contribution in [-0.2, 0) is 19.3 Å². The molecule has 6 heteroatoms. The van der Waals surface area contributed by atoms with Crippen molar-refractivity contribution in [3.05, 3.63) is 0 Å². The molecule has 0 unspecified atom stereocenters. The van der Waals surface area contributed by atoms with Gasteiger partial charge in [0.1, 0.15) is 0 Å². The summed E-state index contributed by atoms with van der Waals surface area (Å²) >= 11 is 0. The van der Waals surface area contributed by atoms with Crippen LogP contribution in [0.5, 0.6) is 0 Å². The van der Waals surface area contributed by atoms with Crippen LogP contribution >= 0.6 is 0 Å². The van der Waals surface area contributed by atoms with Gasteiger partial charge < -0.3 is 9.68 Å². The number of hydrogen-bond acceptors (Lipinski definition) is 6. The van der Waals surface area contributed by atoms with Crippen molar-refractivity contribution in [2.24, 2.45) is 46.3 Å². The first kappa shape index (κ1) is 20.3. The number of carbonyl (C=O) groups is 2. The normalized spacial score (nSPS) is 49.4. The van der Waals surface area contributed by atoms with Crippen molar-refractivity contribution >= 4 is 11.9 Å². The summed E-state index contributed by atoms with van der Waals surface area (Å²) in [7, 11) is 0. The molecule has 32 heavy (non-hydrogen) atoms. The molecule has 0 amide bonds. The summed E-state index contributed by atoms with van der Waals surface area (Å²) in [5, 5.41) is 3.66. The van der Waals surface area contributed by atoms with Gasteiger partial charge in [-0.15, -0.1) is 10.1 Å². The molecule has 0 aromatic carbocycles. The molecule has 0 aromatic rings. The molecule has 9 fully saturated rings. The van der Waals surface area contributed by atoms with E-state index in [0.717, 1.165) is 74.0 Å². The van der Waals surface area contributed by atoms with Crippen LogP contribution < -0.4 is 0 Å². The lowest BCUT2D eigenvalue weighted by molar-refractivity contribution is -0.250. The molecule has 0 radical (unpaired) electrons. The van der Waals surface area contributed by atoms with E-state index in [-0.39, 0.29) is 22.8 Å². The molecule has 1 heterocycles. The average Bonchev–Trinajstić information content (AvgIpc) is 2.73. The summed E-state index contributed by atoms with van der Waals surface area (Å²) in [6.45, 7) is 2.47. The second-order valence-electron chi connectivity index (χ2n) is 13.0. The first-order chi connectivity index (χ1) is 15.5. The van der Waals surface area contributed by atoms with Gasteiger partial charge in [-0.3, -0.25) is 0 Å². The molecule has 0 spiro atoms. The topological polar surface area (TPSA) is 59.1 Å². The van der Waals surface area contributed by atoms with E-state index in [1.54, 1.807) is 0 Å². The summed E-state index contributed by atoms with van der Waals surface area (Å²) in [5.74, 6) is 4.52. The highest BCUT2D eigenvalue weighted by Gasteiger charge is 2.57. The van der Waals surface area contributed by atoms with Crippen LogP contribution in [-0.4, -0.2) is 48.2 Å². The largest absolute Gasteiger partial charge is 0.367 e. The van der Waals surface area contributed by atoms with Gasteiger partial charge in [0.15, 0.2) is 0 Å². The number of carbonyl (C=O) groups excluding carboxylic acids is 2. The first-order valence-electron chi connectivity index (χ1n) is 13.4. The van der Waals surface area contributed by atoms with E-state index in [0.29, 0.717) is 26.2 Å². The van der Waals surface area contributed by atoms with Crippen LogP contribution in [0.25, 0.3) is 0 Å². The van der Waals surface area contributed by atoms with Crippen molar-refractivity contribution in [1.82, 2.24) is 10.1 Å². The fourth-order valence-electron chi connectivity index (χ4n) is 10.0. The molecule has 9 aliphatic rings. The van der Waals surface area contributed by atoms with Gasteiger partial charge in [-0.2, -0.15) is 0 Å². The highest BCUT2D eigenvalue weighted by Crippen LogP contribution is 2.61. The van der Waals surface area contributed by atoms with Gasteiger partial charge in [-0.1, -0.05) is 0 Å². The Balaban J connectivity index is 0.931.